The first-order chi connectivity index (χ1) is 15.6. The lowest BCUT2D eigenvalue weighted by molar-refractivity contribution is -0.137. The van der Waals surface area contributed by atoms with Crippen molar-refractivity contribution in [3.8, 4) is 11.5 Å². The van der Waals surface area contributed by atoms with Gasteiger partial charge in [0.2, 0.25) is 0 Å². The molecule has 1 aliphatic rings. The van der Waals surface area contributed by atoms with Gasteiger partial charge in [0.25, 0.3) is 0 Å². The van der Waals surface area contributed by atoms with Crippen molar-refractivity contribution in [3.05, 3.63) is 53.2 Å². The van der Waals surface area contributed by atoms with Crippen LogP contribution in [0.2, 0.25) is 0 Å². The molecule has 0 aliphatic carbocycles. The standard InChI is InChI=1S/C24H26F3N3O3/c1-13-6-20(30-14(2)15-7-16(24(25,26)27)9-17(28)8-15)19-10-23(33-18-4-5-32-12-18)22(31-3)11-21(19)29-13/h6-11,14,18H,4-5,12,28H2,1-3H3,(H,29,30)/t14-,18+/m1/s1. The summed E-state index contributed by atoms with van der Waals surface area (Å²) in [4.78, 5) is 4.59. The van der Waals surface area contributed by atoms with E-state index in [1.807, 2.05) is 19.1 Å². The summed E-state index contributed by atoms with van der Waals surface area (Å²) >= 11 is 0. The van der Waals surface area contributed by atoms with Crippen LogP contribution in [0.15, 0.2) is 36.4 Å². The largest absolute Gasteiger partial charge is 0.493 e. The molecule has 1 saturated heterocycles. The first kappa shape index (κ1) is 23.0. The molecule has 4 rings (SSSR count). The summed E-state index contributed by atoms with van der Waals surface area (Å²) in [6, 6.07) is 8.63. The molecule has 0 unspecified atom stereocenters. The predicted octanol–water partition coefficient (Wildman–Crippen LogP) is 5.49. The molecule has 176 valence electrons. The van der Waals surface area contributed by atoms with Crippen molar-refractivity contribution in [2.75, 3.05) is 31.4 Å². The molecular formula is C24H26F3N3O3. The zero-order chi connectivity index (χ0) is 23.8. The van der Waals surface area contributed by atoms with Gasteiger partial charge in [0.05, 0.1) is 31.4 Å². The van der Waals surface area contributed by atoms with E-state index in [4.69, 9.17) is 19.9 Å². The number of nitrogen functional groups attached to an aromatic ring is 1. The van der Waals surface area contributed by atoms with Gasteiger partial charge in [-0.3, -0.25) is 4.98 Å². The highest BCUT2D eigenvalue weighted by atomic mass is 19.4. The minimum absolute atomic E-state index is 0.0587. The van der Waals surface area contributed by atoms with E-state index in [-0.39, 0.29) is 11.8 Å². The molecule has 1 aliphatic heterocycles. The summed E-state index contributed by atoms with van der Waals surface area (Å²) in [5.41, 5.74) is 7.61. The van der Waals surface area contributed by atoms with Gasteiger partial charge < -0.3 is 25.3 Å². The van der Waals surface area contributed by atoms with Gasteiger partial charge in [0, 0.05) is 41.0 Å². The van der Waals surface area contributed by atoms with Crippen molar-refractivity contribution in [2.45, 2.75) is 38.6 Å². The Kier molecular flexibility index (Phi) is 6.25. The molecule has 1 aromatic heterocycles. The Morgan fingerprint density at radius 2 is 1.94 bits per heavy atom. The van der Waals surface area contributed by atoms with Gasteiger partial charge in [0.1, 0.15) is 6.10 Å². The number of alkyl halides is 3. The third kappa shape index (κ3) is 5.08. The molecule has 33 heavy (non-hydrogen) atoms. The van der Waals surface area contributed by atoms with E-state index in [0.29, 0.717) is 35.8 Å². The molecular weight excluding hydrogens is 435 g/mol. The minimum atomic E-state index is -4.48. The number of pyridine rings is 1. The maximum atomic E-state index is 13.3. The van der Waals surface area contributed by atoms with E-state index in [0.717, 1.165) is 35.3 Å². The van der Waals surface area contributed by atoms with E-state index >= 15 is 0 Å². The molecule has 3 N–H and O–H groups in total. The van der Waals surface area contributed by atoms with Crippen molar-refractivity contribution >= 4 is 22.3 Å². The molecule has 0 saturated carbocycles. The Labute approximate surface area is 189 Å². The van der Waals surface area contributed by atoms with Crippen LogP contribution in [0.3, 0.4) is 0 Å². The van der Waals surface area contributed by atoms with Crippen molar-refractivity contribution in [1.29, 1.82) is 0 Å². The Bertz CT molecular complexity index is 1160. The van der Waals surface area contributed by atoms with Gasteiger partial charge in [0.15, 0.2) is 11.5 Å². The SMILES string of the molecule is COc1cc2nc(C)cc(N[C@H](C)c3cc(N)cc(C(F)(F)F)c3)c2cc1O[C@H]1CCOC1. The summed E-state index contributed by atoms with van der Waals surface area (Å²) in [6.07, 6.45) is -3.76. The number of fused-ring (bicyclic) bond motifs is 1. The lowest BCUT2D eigenvalue weighted by atomic mass is 10.0. The third-order valence-electron chi connectivity index (χ3n) is 5.58. The van der Waals surface area contributed by atoms with E-state index < -0.39 is 17.8 Å². The predicted molar refractivity (Wildman–Crippen MR) is 121 cm³/mol. The fraction of sp³-hybridized carbons (Fsp3) is 0.375. The first-order valence-electron chi connectivity index (χ1n) is 10.6. The molecule has 9 heteroatoms. The highest BCUT2D eigenvalue weighted by Gasteiger charge is 2.31. The number of hydrogen-bond acceptors (Lipinski definition) is 6. The maximum absolute atomic E-state index is 13.3. The zero-order valence-electron chi connectivity index (χ0n) is 18.6. The first-order valence-corrected chi connectivity index (χ1v) is 10.6. The molecule has 2 atom stereocenters. The minimum Gasteiger partial charge on any atom is -0.493 e. The number of methoxy groups -OCH3 is 1. The van der Waals surface area contributed by atoms with Gasteiger partial charge in [-0.2, -0.15) is 13.2 Å². The van der Waals surface area contributed by atoms with Crippen LogP contribution in [0, 0.1) is 6.92 Å². The van der Waals surface area contributed by atoms with Crippen LogP contribution in [0.5, 0.6) is 11.5 Å². The summed E-state index contributed by atoms with van der Waals surface area (Å²) in [7, 11) is 1.56. The summed E-state index contributed by atoms with van der Waals surface area (Å²) in [5.74, 6) is 1.11. The average Bonchev–Trinajstić information content (AvgIpc) is 3.25. The summed E-state index contributed by atoms with van der Waals surface area (Å²) in [6.45, 7) is 4.79. The van der Waals surface area contributed by atoms with Crippen LogP contribution in [-0.4, -0.2) is 31.4 Å². The number of halogens is 3. The summed E-state index contributed by atoms with van der Waals surface area (Å²) in [5, 5.41) is 4.09. The van der Waals surface area contributed by atoms with E-state index in [2.05, 4.69) is 10.3 Å². The highest BCUT2D eigenvalue weighted by molar-refractivity contribution is 5.94. The molecule has 0 bridgehead atoms. The number of benzene rings is 2. The highest BCUT2D eigenvalue weighted by Crippen LogP contribution is 2.38. The fourth-order valence-electron chi connectivity index (χ4n) is 3.93. The zero-order valence-corrected chi connectivity index (χ0v) is 18.6. The normalized spacial score (nSPS) is 17.2. The van der Waals surface area contributed by atoms with E-state index in [1.165, 1.54) is 0 Å². The Morgan fingerprint density at radius 1 is 1.15 bits per heavy atom. The number of aromatic nitrogens is 1. The van der Waals surface area contributed by atoms with Gasteiger partial charge in [-0.15, -0.1) is 0 Å². The number of rotatable bonds is 6. The van der Waals surface area contributed by atoms with Gasteiger partial charge in [-0.25, -0.2) is 0 Å². The number of nitrogens with zero attached hydrogens (tertiary/aromatic N) is 1. The Balaban J connectivity index is 1.71. The van der Waals surface area contributed by atoms with Crippen molar-refractivity contribution in [1.82, 2.24) is 4.98 Å². The van der Waals surface area contributed by atoms with Crippen LogP contribution in [0.4, 0.5) is 24.5 Å². The maximum Gasteiger partial charge on any atom is 0.416 e. The topological polar surface area (TPSA) is 78.6 Å². The Hall–Kier alpha value is -3.20. The molecule has 3 aromatic rings. The lowest BCUT2D eigenvalue weighted by Gasteiger charge is -2.21. The van der Waals surface area contributed by atoms with Gasteiger partial charge in [-0.05, 0) is 49.7 Å². The smallest absolute Gasteiger partial charge is 0.416 e. The van der Waals surface area contributed by atoms with Crippen LogP contribution in [0.1, 0.15) is 36.2 Å². The second kappa shape index (κ2) is 8.97. The quantitative estimate of drug-likeness (QED) is 0.473. The van der Waals surface area contributed by atoms with Crippen LogP contribution >= 0.6 is 0 Å². The second-order valence-corrected chi connectivity index (χ2v) is 8.19. The third-order valence-corrected chi connectivity index (χ3v) is 5.58. The molecule has 0 spiro atoms. The monoisotopic (exact) mass is 461 g/mol. The average molecular weight is 461 g/mol. The molecule has 2 heterocycles. The van der Waals surface area contributed by atoms with Crippen LogP contribution in [0.25, 0.3) is 10.9 Å². The van der Waals surface area contributed by atoms with Crippen molar-refractivity contribution < 1.29 is 27.4 Å². The number of anilines is 2. The van der Waals surface area contributed by atoms with Gasteiger partial charge in [-0.1, -0.05) is 0 Å². The molecule has 0 radical (unpaired) electrons. The lowest BCUT2D eigenvalue weighted by Crippen LogP contribution is -2.16. The number of nitrogens with one attached hydrogen (secondary N) is 1. The molecule has 6 nitrogen and oxygen atoms in total. The summed E-state index contributed by atoms with van der Waals surface area (Å²) < 4.78 is 56.8. The number of nitrogens with two attached hydrogens (primary N) is 1. The van der Waals surface area contributed by atoms with E-state index in [1.54, 1.807) is 26.2 Å². The molecule has 0 amide bonds. The van der Waals surface area contributed by atoms with E-state index in [9.17, 15) is 13.2 Å². The molecule has 2 aromatic carbocycles. The fourth-order valence-corrected chi connectivity index (χ4v) is 3.93. The van der Waals surface area contributed by atoms with Crippen LogP contribution < -0.4 is 20.5 Å². The Morgan fingerprint density at radius 3 is 2.61 bits per heavy atom. The van der Waals surface area contributed by atoms with Crippen molar-refractivity contribution in [3.63, 3.8) is 0 Å². The second-order valence-electron chi connectivity index (χ2n) is 8.19. The van der Waals surface area contributed by atoms with Gasteiger partial charge >= 0.3 is 6.18 Å². The number of ether oxygens (including phenoxy) is 3. The molecule has 1 fully saturated rings. The van der Waals surface area contributed by atoms with Crippen LogP contribution in [-0.2, 0) is 10.9 Å². The number of hydrogen-bond donors (Lipinski definition) is 2. The number of aryl methyl sites for hydroxylation is 1. The van der Waals surface area contributed by atoms with Crippen molar-refractivity contribution in [2.24, 2.45) is 0 Å².